The molecule has 2 aromatic heterocycles. The second-order valence-electron chi connectivity index (χ2n) is 8.90. The van der Waals surface area contributed by atoms with Crippen LogP contribution in [0.1, 0.15) is 17.0 Å². The second-order valence-corrected chi connectivity index (χ2v) is 8.90. The molecule has 4 atom stereocenters. The first-order valence-corrected chi connectivity index (χ1v) is 11.8. The number of likely N-dealkylation sites (N-methyl/N-ethyl adjacent to an activating group) is 1. The number of nitrogens with zero attached hydrogens (tertiary/aromatic N) is 4. The molecule has 0 aliphatic carbocycles. The van der Waals surface area contributed by atoms with Gasteiger partial charge in [0.1, 0.15) is 12.2 Å². The molecule has 3 heterocycles. The number of benzene rings is 1. The van der Waals surface area contributed by atoms with Crippen LogP contribution in [-0.4, -0.2) is 81.1 Å². The summed E-state index contributed by atoms with van der Waals surface area (Å²) in [6.07, 6.45) is 2.85. The SMILES string of the molecule is CN(CCc1ccccc1)[C@@H]1[C@H](O)[C@H](CO)O[C@@H]1CN(Cc1ccccn1)Cc1ccccn1. The van der Waals surface area contributed by atoms with Gasteiger partial charge in [-0.15, -0.1) is 0 Å². The van der Waals surface area contributed by atoms with E-state index in [1.807, 2.05) is 61.6 Å². The zero-order valence-electron chi connectivity index (χ0n) is 19.6. The number of aliphatic hydroxyl groups is 2. The van der Waals surface area contributed by atoms with Crippen molar-refractivity contribution in [3.05, 3.63) is 96.1 Å². The Morgan fingerprint density at radius 3 is 2.03 bits per heavy atom. The van der Waals surface area contributed by atoms with Gasteiger partial charge in [0.2, 0.25) is 0 Å². The molecule has 1 saturated heterocycles. The Hall–Kier alpha value is -2.68. The van der Waals surface area contributed by atoms with E-state index in [-0.39, 0.29) is 18.8 Å². The van der Waals surface area contributed by atoms with Gasteiger partial charge in [0.05, 0.1) is 30.1 Å². The van der Waals surface area contributed by atoms with E-state index in [2.05, 4.69) is 31.9 Å². The Bertz CT molecular complexity index is 935. The number of hydrogen-bond donors (Lipinski definition) is 2. The molecule has 0 radical (unpaired) electrons. The van der Waals surface area contributed by atoms with E-state index in [9.17, 15) is 10.2 Å². The van der Waals surface area contributed by atoms with Crippen LogP contribution < -0.4 is 0 Å². The van der Waals surface area contributed by atoms with E-state index in [4.69, 9.17) is 4.74 Å². The predicted octanol–water partition coefficient (Wildman–Crippen LogP) is 2.14. The highest BCUT2D eigenvalue weighted by Crippen LogP contribution is 2.27. The highest BCUT2D eigenvalue weighted by molar-refractivity contribution is 5.15. The Labute approximate surface area is 201 Å². The monoisotopic (exact) mass is 462 g/mol. The van der Waals surface area contributed by atoms with Crippen molar-refractivity contribution in [1.82, 2.24) is 19.8 Å². The van der Waals surface area contributed by atoms with E-state index in [1.165, 1.54) is 5.56 Å². The van der Waals surface area contributed by atoms with Crippen LogP contribution in [0.3, 0.4) is 0 Å². The summed E-state index contributed by atoms with van der Waals surface area (Å²) in [6.45, 7) is 2.43. The molecule has 0 bridgehead atoms. The molecular formula is C27H34N4O3. The lowest BCUT2D eigenvalue weighted by molar-refractivity contribution is -0.0324. The molecule has 2 N–H and O–H groups in total. The molecule has 180 valence electrons. The molecule has 0 saturated carbocycles. The normalized spacial score (nSPS) is 22.5. The molecule has 0 unspecified atom stereocenters. The van der Waals surface area contributed by atoms with E-state index in [0.717, 1.165) is 24.4 Å². The van der Waals surface area contributed by atoms with Crippen LogP contribution in [-0.2, 0) is 24.2 Å². The number of aliphatic hydroxyl groups excluding tert-OH is 2. The topological polar surface area (TPSA) is 82.0 Å². The minimum absolute atomic E-state index is 0.207. The molecule has 1 fully saturated rings. The number of pyridine rings is 2. The number of hydrogen-bond acceptors (Lipinski definition) is 7. The zero-order chi connectivity index (χ0) is 23.8. The summed E-state index contributed by atoms with van der Waals surface area (Å²) >= 11 is 0. The lowest BCUT2D eigenvalue weighted by Crippen LogP contribution is -2.50. The minimum Gasteiger partial charge on any atom is -0.394 e. The summed E-state index contributed by atoms with van der Waals surface area (Å²) in [5.74, 6) is 0. The fourth-order valence-electron chi connectivity index (χ4n) is 4.65. The third-order valence-electron chi connectivity index (χ3n) is 6.41. The van der Waals surface area contributed by atoms with E-state index in [0.29, 0.717) is 19.6 Å². The molecule has 4 rings (SSSR count). The van der Waals surface area contributed by atoms with Crippen molar-refractivity contribution in [3.63, 3.8) is 0 Å². The molecule has 0 spiro atoms. The van der Waals surface area contributed by atoms with Crippen molar-refractivity contribution >= 4 is 0 Å². The molecular weight excluding hydrogens is 428 g/mol. The molecule has 0 amide bonds. The number of rotatable bonds is 11. The summed E-state index contributed by atoms with van der Waals surface area (Å²) in [5.41, 5.74) is 3.18. The van der Waals surface area contributed by atoms with Crippen LogP contribution in [0, 0.1) is 0 Å². The van der Waals surface area contributed by atoms with Crippen molar-refractivity contribution in [2.45, 2.75) is 43.9 Å². The van der Waals surface area contributed by atoms with Crippen LogP contribution in [0.15, 0.2) is 79.1 Å². The zero-order valence-corrected chi connectivity index (χ0v) is 19.6. The fraction of sp³-hybridized carbons (Fsp3) is 0.407. The number of aromatic nitrogens is 2. The Morgan fingerprint density at radius 1 is 0.853 bits per heavy atom. The van der Waals surface area contributed by atoms with Crippen LogP contribution in [0.25, 0.3) is 0 Å². The number of ether oxygens (including phenoxy) is 1. The molecule has 7 nitrogen and oxygen atoms in total. The van der Waals surface area contributed by atoms with Gasteiger partial charge < -0.3 is 14.9 Å². The highest BCUT2D eigenvalue weighted by atomic mass is 16.5. The van der Waals surface area contributed by atoms with Gasteiger partial charge in [0.25, 0.3) is 0 Å². The summed E-state index contributed by atoms with van der Waals surface area (Å²) in [6, 6.07) is 21.9. The highest BCUT2D eigenvalue weighted by Gasteiger charge is 2.45. The first-order valence-electron chi connectivity index (χ1n) is 11.8. The lowest BCUT2D eigenvalue weighted by atomic mass is 10.0. The van der Waals surface area contributed by atoms with E-state index < -0.39 is 12.2 Å². The Morgan fingerprint density at radius 2 is 1.47 bits per heavy atom. The lowest BCUT2D eigenvalue weighted by Gasteiger charge is -2.33. The Balaban J connectivity index is 1.49. The van der Waals surface area contributed by atoms with Crippen molar-refractivity contribution in [2.75, 3.05) is 26.7 Å². The molecule has 1 aromatic carbocycles. The van der Waals surface area contributed by atoms with E-state index in [1.54, 1.807) is 12.4 Å². The van der Waals surface area contributed by atoms with Gasteiger partial charge in [-0.05, 0) is 43.3 Å². The second kappa shape index (κ2) is 12.1. The Kier molecular flexibility index (Phi) is 8.73. The minimum atomic E-state index is -0.762. The van der Waals surface area contributed by atoms with Gasteiger partial charge in [-0.1, -0.05) is 42.5 Å². The quantitative estimate of drug-likeness (QED) is 0.452. The third-order valence-corrected chi connectivity index (χ3v) is 6.41. The van der Waals surface area contributed by atoms with Gasteiger partial charge in [-0.25, -0.2) is 0 Å². The molecule has 1 aliphatic rings. The summed E-state index contributed by atoms with van der Waals surface area (Å²) in [5, 5.41) is 20.8. The first kappa shape index (κ1) is 24.4. The summed E-state index contributed by atoms with van der Waals surface area (Å²) < 4.78 is 6.19. The summed E-state index contributed by atoms with van der Waals surface area (Å²) in [4.78, 5) is 13.4. The van der Waals surface area contributed by atoms with Crippen LogP contribution in [0.4, 0.5) is 0 Å². The van der Waals surface area contributed by atoms with Gasteiger partial charge in [-0.3, -0.25) is 19.8 Å². The van der Waals surface area contributed by atoms with Crippen molar-refractivity contribution in [2.24, 2.45) is 0 Å². The molecule has 1 aliphatic heterocycles. The predicted molar refractivity (Wildman–Crippen MR) is 131 cm³/mol. The molecule has 34 heavy (non-hydrogen) atoms. The van der Waals surface area contributed by atoms with Gasteiger partial charge >= 0.3 is 0 Å². The summed E-state index contributed by atoms with van der Waals surface area (Å²) in [7, 11) is 2.02. The fourth-order valence-corrected chi connectivity index (χ4v) is 4.65. The largest absolute Gasteiger partial charge is 0.394 e. The van der Waals surface area contributed by atoms with Crippen LogP contribution in [0.2, 0.25) is 0 Å². The van der Waals surface area contributed by atoms with Gasteiger partial charge in [0.15, 0.2) is 0 Å². The van der Waals surface area contributed by atoms with Crippen LogP contribution in [0.5, 0.6) is 0 Å². The third kappa shape index (κ3) is 6.46. The maximum absolute atomic E-state index is 11.0. The maximum Gasteiger partial charge on any atom is 0.109 e. The van der Waals surface area contributed by atoms with Crippen molar-refractivity contribution < 1.29 is 14.9 Å². The van der Waals surface area contributed by atoms with E-state index >= 15 is 0 Å². The van der Waals surface area contributed by atoms with Crippen molar-refractivity contribution in [3.8, 4) is 0 Å². The molecule has 3 aromatic rings. The maximum atomic E-state index is 11.0. The first-order chi connectivity index (χ1) is 16.6. The van der Waals surface area contributed by atoms with Crippen molar-refractivity contribution in [1.29, 1.82) is 0 Å². The molecule has 7 heteroatoms. The standard InChI is InChI=1S/C27H34N4O3/c1-30(16-13-21-9-3-2-4-10-21)26-24(34-25(20-32)27(26)33)19-31(17-22-11-5-7-14-28-22)18-23-12-6-8-15-29-23/h2-12,14-15,24-27,32-33H,13,16-20H2,1H3/t24-,25+,26+,27-/m1/s1. The van der Waals surface area contributed by atoms with Gasteiger partial charge in [0, 0.05) is 38.6 Å². The smallest absolute Gasteiger partial charge is 0.109 e. The van der Waals surface area contributed by atoms with Gasteiger partial charge in [-0.2, -0.15) is 0 Å². The van der Waals surface area contributed by atoms with Crippen LogP contribution >= 0.6 is 0 Å². The average molecular weight is 463 g/mol. The average Bonchev–Trinajstić information content (AvgIpc) is 3.19.